The van der Waals surface area contributed by atoms with Crippen LogP contribution in [0, 0.1) is 13.8 Å². The van der Waals surface area contributed by atoms with Crippen LogP contribution in [0.25, 0.3) is 5.57 Å². The second kappa shape index (κ2) is 6.92. The second-order valence-electron chi connectivity index (χ2n) is 7.58. The van der Waals surface area contributed by atoms with E-state index < -0.39 is 5.91 Å². The number of hydrogen-bond donors (Lipinski definition) is 2. The molecule has 3 N–H and O–H groups in total. The third-order valence-corrected chi connectivity index (χ3v) is 6.62. The maximum absolute atomic E-state index is 12.2. The molecular formula is C22H23BrN2O3. The first-order valence-electron chi connectivity index (χ1n) is 9.45. The van der Waals surface area contributed by atoms with Crippen LogP contribution in [0.4, 0.5) is 0 Å². The van der Waals surface area contributed by atoms with Gasteiger partial charge in [-0.3, -0.25) is 4.79 Å². The molecule has 0 radical (unpaired) electrons. The first-order chi connectivity index (χ1) is 13.3. The van der Waals surface area contributed by atoms with Crippen LogP contribution in [-0.2, 0) is 17.6 Å². The molecule has 146 valence electrons. The number of carbonyl (C=O) groups is 1. The molecule has 1 unspecified atom stereocenters. The number of aromatic nitrogens is 1. The summed E-state index contributed by atoms with van der Waals surface area (Å²) in [6.07, 6.45) is 2.35. The number of phenols is 1. The highest BCUT2D eigenvalue weighted by atomic mass is 79.9. The topological polar surface area (TPSA) is 85.4 Å². The number of primary amides is 1. The summed E-state index contributed by atoms with van der Waals surface area (Å²) in [5.74, 6) is 0.716. The smallest absolute Gasteiger partial charge is 0.249 e. The van der Waals surface area contributed by atoms with Gasteiger partial charge < -0.3 is 15.6 Å². The largest absolute Gasteiger partial charge is 0.508 e. The maximum Gasteiger partial charge on any atom is 0.249 e. The number of aromatic hydroxyl groups is 1. The van der Waals surface area contributed by atoms with E-state index in [0.717, 1.165) is 64.1 Å². The molecule has 1 atom stereocenters. The summed E-state index contributed by atoms with van der Waals surface area (Å²) < 4.78 is 6.58. The number of carbonyl (C=O) groups excluding carboxylic acids is 1. The highest BCUT2D eigenvalue weighted by molar-refractivity contribution is 9.10. The van der Waals surface area contributed by atoms with Crippen LogP contribution in [0.1, 0.15) is 52.8 Å². The molecule has 2 heterocycles. The predicted molar refractivity (Wildman–Crippen MR) is 112 cm³/mol. The zero-order chi connectivity index (χ0) is 20.2. The fourth-order valence-corrected chi connectivity index (χ4v) is 5.20. The summed E-state index contributed by atoms with van der Waals surface area (Å²) in [6.45, 7) is 6.58. The van der Waals surface area contributed by atoms with Crippen molar-refractivity contribution in [3.8, 4) is 11.5 Å². The summed E-state index contributed by atoms with van der Waals surface area (Å²) in [5.41, 5.74) is 13.2. The van der Waals surface area contributed by atoms with Crippen molar-refractivity contribution in [3.05, 3.63) is 55.8 Å². The average Bonchev–Trinajstić information content (AvgIpc) is 3.21. The third kappa shape index (κ3) is 2.82. The van der Waals surface area contributed by atoms with Gasteiger partial charge in [0, 0.05) is 29.0 Å². The molecule has 5 nitrogen and oxygen atoms in total. The van der Waals surface area contributed by atoms with Crippen molar-refractivity contribution in [1.29, 1.82) is 0 Å². The van der Waals surface area contributed by atoms with E-state index in [1.165, 1.54) is 0 Å². The monoisotopic (exact) mass is 442 g/mol. The van der Waals surface area contributed by atoms with Crippen LogP contribution in [0.3, 0.4) is 0 Å². The number of halogens is 1. The SMILES string of the molecule is CC1=C(C(N)=O)c2c(Br)nc3c(c2C1CCc1c(C)ccc(O)c1C)OCC3. The Morgan fingerprint density at radius 2 is 2.11 bits per heavy atom. The Balaban J connectivity index is 1.79. The van der Waals surface area contributed by atoms with E-state index in [0.29, 0.717) is 22.5 Å². The molecule has 1 aromatic carbocycles. The molecule has 0 spiro atoms. The summed E-state index contributed by atoms with van der Waals surface area (Å²) in [4.78, 5) is 16.8. The van der Waals surface area contributed by atoms with Gasteiger partial charge in [0.15, 0.2) is 0 Å². The first kappa shape index (κ1) is 19.0. The van der Waals surface area contributed by atoms with Gasteiger partial charge in [-0.2, -0.15) is 0 Å². The summed E-state index contributed by atoms with van der Waals surface area (Å²) >= 11 is 3.55. The number of phenolic OH excluding ortho intramolecular Hbond substituents is 1. The average molecular weight is 443 g/mol. The van der Waals surface area contributed by atoms with Gasteiger partial charge in [-0.25, -0.2) is 4.98 Å². The summed E-state index contributed by atoms with van der Waals surface area (Å²) in [7, 11) is 0. The molecule has 1 amide bonds. The van der Waals surface area contributed by atoms with E-state index in [1.807, 2.05) is 19.9 Å². The number of nitrogens with zero attached hydrogens (tertiary/aromatic N) is 1. The molecule has 0 fully saturated rings. The zero-order valence-corrected chi connectivity index (χ0v) is 17.8. The van der Waals surface area contributed by atoms with E-state index in [9.17, 15) is 9.90 Å². The predicted octanol–water partition coefficient (Wildman–Crippen LogP) is 4.09. The van der Waals surface area contributed by atoms with E-state index in [2.05, 4.69) is 27.8 Å². The molecule has 4 rings (SSSR count). The number of aryl methyl sites for hydroxylation is 1. The number of rotatable bonds is 4. The normalized spacial score (nSPS) is 17.5. The molecule has 1 aliphatic carbocycles. The quantitative estimate of drug-likeness (QED) is 0.698. The van der Waals surface area contributed by atoms with Crippen molar-refractivity contribution in [3.63, 3.8) is 0 Å². The molecular weight excluding hydrogens is 420 g/mol. The van der Waals surface area contributed by atoms with Crippen LogP contribution >= 0.6 is 15.9 Å². The number of ether oxygens (including phenoxy) is 1. The molecule has 0 saturated carbocycles. The summed E-state index contributed by atoms with van der Waals surface area (Å²) in [5, 5.41) is 10.1. The van der Waals surface area contributed by atoms with Gasteiger partial charge in [-0.05, 0) is 72.3 Å². The Hall–Kier alpha value is -2.34. The minimum Gasteiger partial charge on any atom is -0.508 e. The minimum absolute atomic E-state index is 0.0322. The molecule has 0 saturated heterocycles. The highest BCUT2D eigenvalue weighted by Crippen LogP contribution is 2.52. The van der Waals surface area contributed by atoms with Crippen LogP contribution in [-0.4, -0.2) is 22.6 Å². The number of allylic oxidation sites excluding steroid dienone is 1. The molecule has 2 aromatic rings. The molecule has 0 bridgehead atoms. The van der Waals surface area contributed by atoms with Gasteiger partial charge in [0.2, 0.25) is 5.91 Å². The van der Waals surface area contributed by atoms with Crippen molar-refractivity contribution in [1.82, 2.24) is 4.98 Å². The molecule has 6 heteroatoms. The Bertz CT molecular complexity index is 1040. The van der Waals surface area contributed by atoms with Crippen molar-refractivity contribution in [2.24, 2.45) is 5.73 Å². The highest BCUT2D eigenvalue weighted by Gasteiger charge is 2.38. The lowest BCUT2D eigenvalue weighted by Crippen LogP contribution is -2.13. The lowest BCUT2D eigenvalue weighted by Gasteiger charge is -2.19. The fourth-order valence-electron chi connectivity index (χ4n) is 4.58. The van der Waals surface area contributed by atoms with E-state index in [1.54, 1.807) is 6.07 Å². The number of amides is 1. The van der Waals surface area contributed by atoms with Crippen LogP contribution in [0.5, 0.6) is 11.5 Å². The van der Waals surface area contributed by atoms with Crippen molar-refractivity contribution < 1.29 is 14.6 Å². The Kier molecular flexibility index (Phi) is 4.70. The van der Waals surface area contributed by atoms with Gasteiger partial charge in [0.05, 0.1) is 12.3 Å². The lowest BCUT2D eigenvalue weighted by molar-refractivity contribution is -0.112. The summed E-state index contributed by atoms with van der Waals surface area (Å²) in [6, 6.07) is 3.68. The van der Waals surface area contributed by atoms with Gasteiger partial charge in [-0.15, -0.1) is 0 Å². The van der Waals surface area contributed by atoms with Gasteiger partial charge in [0.1, 0.15) is 16.1 Å². The number of hydrogen-bond acceptors (Lipinski definition) is 4. The number of nitrogens with two attached hydrogens (primary N) is 1. The van der Waals surface area contributed by atoms with E-state index in [4.69, 9.17) is 10.5 Å². The third-order valence-electron chi connectivity index (χ3n) is 6.05. The number of pyridine rings is 1. The zero-order valence-electron chi connectivity index (χ0n) is 16.2. The van der Waals surface area contributed by atoms with Crippen LogP contribution in [0.15, 0.2) is 22.3 Å². The number of fused-ring (bicyclic) bond motifs is 3. The van der Waals surface area contributed by atoms with Gasteiger partial charge in [0.25, 0.3) is 0 Å². The van der Waals surface area contributed by atoms with Crippen molar-refractivity contribution in [2.75, 3.05) is 6.61 Å². The standard InChI is InChI=1S/C22H23BrN2O3/c1-10-4-7-16(26)11(2)13(10)5-6-14-12(3)17(22(24)27)19-18(14)20-15(8-9-28-20)25-21(19)23/h4,7,14,26H,5-6,8-9H2,1-3H3,(H2,24,27). The molecule has 1 aliphatic heterocycles. The Morgan fingerprint density at radius 3 is 2.82 bits per heavy atom. The Labute approximate surface area is 172 Å². The first-order valence-corrected chi connectivity index (χ1v) is 10.2. The van der Waals surface area contributed by atoms with E-state index in [-0.39, 0.29) is 5.92 Å². The fraction of sp³-hybridized carbons (Fsp3) is 0.364. The number of benzene rings is 1. The second-order valence-corrected chi connectivity index (χ2v) is 8.34. The maximum atomic E-state index is 12.2. The molecule has 2 aliphatic rings. The molecule has 1 aromatic heterocycles. The van der Waals surface area contributed by atoms with Gasteiger partial charge >= 0.3 is 0 Å². The van der Waals surface area contributed by atoms with Gasteiger partial charge in [-0.1, -0.05) is 11.6 Å². The van der Waals surface area contributed by atoms with Crippen molar-refractivity contribution in [2.45, 2.75) is 46.0 Å². The minimum atomic E-state index is -0.439. The van der Waals surface area contributed by atoms with Crippen molar-refractivity contribution >= 4 is 27.4 Å². The molecule has 28 heavy (non-hydrogen) atoms. The van der Waals surface area contributed by atoms with Crippen LogP contribution < -0.4 is 10.5 Å². The lowest BCUT2D eigenvalue weighted by atomic mass is 9.87. The van der Waals surface area contributed by atoms with E-state index >= 15 is 0 Å². The van der Waals surface area contributed by atoms with Crippen LogP contribution in [0.2, 0.25) is 0 Å². The Morgan fingerprint density at radius 1 is 1.36 bits per heavy atom.